The van der Waals surface area contributed by atoms with Crippen molar-refractivity contribution in [3.05, 3.63) is 28.1 Å². The minimum Gasteiger partial charge on any atom is -0.351 e. The zero-order chi connectivity index (χ0) is 13.8. The van der Waals surface area contributed by atoms with E-state index in [1.807, 2.05) is 0 Å². The van der Waals surface area contributed by atoms with Gasteiger partial charge in [-0.25, -0.2) is 0 Å². The Morgan fingerprint density at radius 2 is 2.21 bits per heavy atom. The molecule has 0 aromatic carbocycles. The van der Waals surface area contributed by atoms with E-state index >= 15 is 0 Å². The largest absolute Gasteiger partial charge is 0.351 e. The van der Waals surface area contributed by atoms with Gasteiger partial charge < -0.3 is 15.6 Å². The van der Waals surface area contributed by atoms with Crippen LogP contribution in [0.15, 0.2) is 12.3 Å². The first-order valence-corrected chi connectivity index (χ1v) is 6.44. The molecule has 7 heteroatoms. The molecular formula is C12H18N4O3. The molecule has 2 heterocycles. The van der Waals surface area contributed by atoms with Gasteiger partial charge in [-0.2, -0.15) is 0 Å². The van der Waals surface area contributed by atoms with E-state index in [1.165, 1.54) is 12.3 Å². The van der Waals surface area contributed by atoms with Crippen LogP contribution in [-0.2, 0) is 0 Å². The molecule has 0 spiro atoms. The molecule has 1 aromatic rings. The molecule has 104 valence electrons. The van der Waals surface area contributed by atoms with Crippen molar-refractivity contribution in [2.24, 2.45) is 11.7 Å². The summed E-state index contributed by atoms with van der Waals surface area (Å²) in [6, 6.07) is 1.29. The Morgan fingerprint density at radius 3 is 2.74 bits per heavy atom. The highest BCUT2D eigenvalue weighted by atomic mass is 16.6. The predicted molar refractivity (Wildman–Crippen MR) is 69.7 cm³/mol. The van der Waals surface area contributed by atoms with Crippen LogP contribution in [0.25, 0.3) is 0 Å². The van der Waals surface area contributed by atoms with E-state index in [0.29, 0.717) is 25.6 Å². The molecule has 0 saturated carbocycles. The topological polar surface area (TPSA) is 105 Å². The van der Waals surface area contributed by atoms with Gasteiger partial charge in [0.1, 0.15) is 5.69 Å². The third-order valence-corrected chi connectivity index (χ3v) is 3.59. The Bertz CT molecular complexity index is 463. The van der Waals surface area contributed by atoms with Gasteiger partial charge >= 0.3 is 0 Å². The lowest BCUT2D eigenvalue weighted by atomic mass is 9.93. The van der Waals surface area contributed by atoms with Crippen molar-refractivity contribution in [3.63, 3.8) is 0 Å². The molecule has 0 aliphatic carbocycles. The number of aromatic nitrogens is 1. The summed E-state index contributed by atoms with van der Waals surface area (Å²) in [5.41, 5.74) is 5.73. The second kappa shape index (κ2) is 5.83. The average Bonchev–Trinajstić information content (AvgIpc) is 2.89. The van der Waals surface area contributed by atoms with Crippen molar-refractivity contribution >= 4 is 11.6 Å². The number of H-pyrrole nitrogens is 1. The van der Waals surface area contributed by atoms with Crippen LogP contribution in [0.4, 0.5) is 5.69 Å². The molecule has 0 radical (unpaired) electrons. The van der Waals surface area contributed by atoms with E-state index in [1.54, 1.807) is 4.90 Å². The zero-order valence-electron chi connectivity index (χ0n) is 10.7. The van der Waals surface area contributed by atoms with Crippen molar-refractivity contribution < 1.29 is 9.72 Å². The van der Waals surface area contributed by atoms with Crippen LogP contribution < -0.4 is 5.73 Å². The number of carbonyl (C=O) groups excluding carboxylic acids is 1. The second-order valence-electron chi connectivity index (χ2n) is 4.84. The second-order valence-corrected chi connectivity index (χ2v) is 4.84. The van der Waals surface area contributed by atoms with Gasteiger partial charge in [0, 0.05) is 19.2 Å². The van der Waals surface area contributed by atoms with E-state index in [4.69, 9.17) is 5.73 Å². The first-order valence-electron chi connectivity index (χ1n) is 6.44. The summed E-state index contributed by atoms with van der Waals surface area (Å²) < 4.78 is 0. The Kier molecular flexibility index (Phi) is 4.16. The third-order valence-electron chi connectivity index (χ3n) is 3.59. The number of nitrogens with zero attached hydrogens (tertiary/aromatic N) is 2. The van der Waals surface area contributed by atoms with Gasteiger partial charge in [-0.1, -0.05) is 0 Å². The van der Waals surface area contributed by atoms with Crippen molar-refractivity contribution in [2.45, 2.75) is 19.3 Å². The minimum atomic E-state index is -0.513. The molecule has 1 amide bonds. The maximum absolute atomic E-state index is 12.1. The first-order chi connectivity index (χ1) is 9.11. The number of nitrogens with one attached hydrogen (secondary N) is 1. The van der Waals surface area contributed by atoms with Crippen molar-refractivity contribution in [3.8, 4) is 0 Å². The monoisotopic (exact) mass is 266 g/mol. The SMILES string of the molecule is NCCC1CCN(C(=O)c2cc([N+](=O)[O-])c[nH]2)CC1. The Hall–Kier alpha value is -1.89. The minimum absolute atomic E-state index is 0.0821. The van der Waals surface area contributed by atoms with Crippen LogP contribution in [0.2, 0.25) is 0 Å². The summed E-state index contributed by atoms with van der Waals surface area (Å²) in [6.45, 7) is 2.06. The summed E-state index contributed by atoms with van der Waals surface area (Å²) in [5, 5.41) is 10.6. The standard InChI is InChI=1S/C12H18N4O3/c13-4-1-9-2-5-15(6-3-9)12(17)11-7-10(8-14-11)16(18)19/h7-9,14H,1-6,13H2. The fourth-order valence-corrected chi connectivity index (χ4v) is 2.44. The summed E-state index contributed by atoms with van der Waals surface area (Å²) in [6.07, 6.45) is 4.14. The fraction of sp³-hybridized carbons (Fsp3) is 0.583. The summed E-state index contributed by atoms with van der Waals surface area (Å²) in [7, 11) is 0. The number of nitro groups is 1. The number of amides is 1. The van der Waals surface area contributed by atoms with Crippen LogP contribution in [0.5, 0.6) is 0 Å². The molecule has 1 aliphatic heterocycles. The van der Waals surface area contributed by atoms with Gasteiger partial charge in [-0.15, -0.1) is 0 Å². The summed E-state index contributed by atoms with van der Waals surface area (Å²) >= 11 is 0. The molecule has 0 atom stereocenters. The molecular weight excluding hydrogens is 248 g/mol. The van der Waals surface area contributed by atoms with E-state index in [9.17, 15) is 14.9 Å². The highest BCUT2D eigenvalue weighted by Gasteiger charge is 2.25. The maximum Gasteiger partial charge on any atom is 0.287 e. The Balaban J connectivity index is 1.95. The molecule has 0 unspecified atom stereocenters. The van der Waals surface area contributed by atoms with Gasteiger partial charge in [0.25, 0.3) is 11.6 Å². The van der Waals surface area contributed by atoms with Crippen molar-refractivity contribution in [2.75, 3.05) is 19.6 Å². The fourth-order valence-electron chi connectivity index (χ4n) is 2.44. The number of likely N-dealkylation sites (tertiary alicyclic amines) is 1. The number of carbonyl (C=O) groups is 1. The van der Waals surface area contributed by atoms with E-state index in [0.717, 1.165) is 19.3 Å². The third kappa shape index (κ3) is 3.11. The normalized spacial score (nSPS) is 16.6. The lowest BCUT2D eigenvalue weighted by Gasteiger charge is -2.31. The number of aromatic amines is 1. The van der Waals surface area contributed by atoms with Gasteiger partial charge in [-0.05, 0) is 31.7 Å². The molecule has 1 saturated heterocycles. The molecule has 1 aromatic heterocycles. The van der Waals surface area contributed by atoms with Gasteiger partial charge in [0.2, 0.25) is 0 Å². The van der Waals surface area contributed by atoms with Gasteiger partial charge in [-0.3, -0.25) is 14.9 Å². The molecule has 7 nitrogen and oxygen atoms in total. The molecule has 1 fully saturated rings. The van der Waals surface area contributed by atoms with Crippen LogP contribution in [0, 0.1) is 16.0 Å². The highest BCUT2D eigenvalue weighted by Crippen LogP contribution is 2.22. The summed E-state index contributed by atoms with van der Waals surface area (Å²) in [5.74, 6) is 0.423. The van der Waals surface area contributed by atoms with Crippen LogP contribution in [0.3, 0.4) is 0 Å². The smallest absolute Gasteiger partial charge is 0.287 e. The average molecular weight is 266 g/mol. The number of hydrogen-bond donors (Lipinski definition) is 2. The van der Waals surface area contributed by atoms with Crippen LogP contribution in [0.1, 0.15) is 29.8 Å². The lowest BCUT2D eigenvalue weighted by Crippen LogP contribution is -2.39. The van der Waals surface area contributed by atoms with Gasteiger partial charge in [0.15, 0.2) is 0 Å². The number of hydrogen-bond acceptors (Lipinski definition) is 4. The lowest BCUT2D eigenvalue weighted by molar-refractivity contribution is -0.384. The quantitative estimate of drug-likeness (QED) is 0.629. The van der Waals surface area contributed by atoms with Gasteiger partial charge in [0.05, 0.1) is 11.1 Å². The predicted octanol–water partition coefficient (Wildman–Crippen LogP) is 1.12. The zero-order valence-corrected chi connectivity index (χ0v) is 10.7. The van der Waals surface area contributed by atoms with Crippen molar-refractivity contribution in [1.29, 1.82) is 0 Å². The van der Waals surface area contributed by atoms with E-state index in [2.05, 4.69) is 4.98 Å². The van der Waals surface area contributed by atoms with E-state index < -0.39 is 4.92 Å². The van der Waals surface area contributed by atoms with Crippen LogP contribution >= 0.6 is 0 Å². The number of piperidine rings is 1. The first kappa shape index (κ1) is 13.5. The Morgan fingerprint density at radius 1 is 1.53 bits per heavy atom. The highest BCUT2D eigenvalue weighted by molar-refractivity contribution is 5.93. The van der Waals surface area contributed by atoms with E-state index in [-0.39, 0.29) is 17.3 Å². The molecule has 0 bridgehead atoms. The Labute approximate surface area is 110 Å². The summed E-state index contributed by atoms with van der Waals surface area (Å²) in [4.78, 5) is 26.6. The van der Waals surface area contributed by atoms with Crippen molar-refractivity contribution in [1.82, 2.24) is 9.88 Å². The maximum atomic E-state index is 12.1. The number of rotatable bonds is 4. The molecule has 3 N–H and O–H groups in total. The molecule has 19 heavy (non-hydrogen) atoms. The number of nitrogens with two attached hydrogens (primary N) is 1. The molecule has 2 rings (SSSR count). The molecule has 1 aliphatic rings. The van der Waals surface area contributed by atoms with Crippen LogP contribution in [-0.4, -0.2) is 40.3 Å².